The monoisotopic (exact) mass is 272 g/mol. The molecule has 0 amide bonds. The summed E-state index contributed by atoms with van der Waals surface area (Å²) in [6.07, 6.45) is 2.03. The van der Waals surface area contributed by atoms with Gasteiger partial charge in [0.1, 0.15) is 18.7 Å². The molecule has 0 unspecified atom stereocenters. The molecule has 0 aromatic carbocycles. The third-order valence-electron chi connectivity index (χ3n) is 2.91. The van der Waals surface area contributed by atoms with E-state index in [4.69, 9.17) is 9.47 Å². The maximum Gasteiger partial charge on any atom is 0.146 e. The summed E-state index contributed by atoms with van der Waals surface area (Å²) < 4.78 is 10.2. The normalized spacial score (nSPS) is 16.4. The van der Waals surface area contributed by atoms with Gasteiger partial charge in [-0.05, 0) is 6.42 Å². The third kappa shape index (κ3) is 8.83. The Bertz CT molecular complexity index is 255. The SMILES string of the molecule is O=CCOCCOCCCC(=O)CN1CCNCC1. The van der Waals surface area contributed by atoms with Crippen molar-refractivity contribution in [2.75, 3.05) is 59.2 Å². The lowest BCUT2D eigenvalue weighted by Crippen LogP contribution is -2.45. The van der Waals surface area contributed by atoms with Gasteiger partial charge in [0.2, 0.25) is 0 Å². The van der Waals surface area contributed by atoms with Crippen molar-refractivity contribution in [3.05, 3.63) is 0 Å². The van der Waals surface area contributed by atoms with Gasteiger partial charge in [-0.1, -0.05) is 0 Å². The number of carbonyl (C=O) groups is 2. The number of aldehydes is 1. The molecule has 0 aliphatic carbocycles. The summed E-state index contributed by atoms with van der Waals surface area (Å²) in [4.78, 5) is 23.9. The van der Waals surface area contributed by atoms with Crippen LogP contribution in [0.4, 0.5) is 0 Å². The van der Waals surface area contributed by atoms with Gasteiger partial charge in [0.15, 0.2) is 0 Å². The van der Waals surface area contributed by atoms with E-state index in [1.165, 1.54) is 0 Å². The highest BCUT2D eigenvalue weighted by Gasteiger charge is 2.12. The second kappa shape index (κ2) is 11.0. The van der Waals surface area contributed by atoms with E-state index in [9.17, 15) is 9.59 Å². The number of nitrogens with zero attached hydrogens (tertiary/aromatic N) is 1. The minimum absolute atomic E-state index is 0.118. The summed E-state index contributed by atoms with van der Waals surface area (Å²) in [7, 11) is 0. The van der Waals surface area contributed by atoms with Crippen LogP contribution in [0.25, 0.3) is 0 Å². The molecular weight excluding hydrogens is 248 g/mol. The molecule has 0 bridgehead atoms. The first-order valence-corrected chi connectivity index (χ1v) is 6.87. The van der Waals surface area contributed by atoms with Crippen LogP contribution >= 0.6 is 0 Å². The van der Waals surface area contributed by atoms with E-state index in [1.54, 1.807) is 0 Å². The van der Waals surface area contributed by atoms with Gasteiger partial charge >= 0.3 is 0 Å². The molecule has 0 spiro atoms. The summed E-state index contributed by atoms with van der Waals surface area (Å²) in [6, 6.07) is 0. The molecule has 6 nitrogen and oxygen atoms in total. The minimum Gasteiger partial charge on any atom is -0.379 e. The molecule has 110 valence electrons. The quantitative estimate of drug-likeness (QED) is 0.403. The average Bonchev–Trinajstić information content (AvgIpc) is 2.43. The summed E-state index contributed by atoms with van der Waals surface area (Å²) in [5.41, 5.74) is 0. The number of nitrogens with one attached hydrogen (secondary N) is 1. The van der Waals surface area contributed by atoms with Gasteiger partial charge in [0.05, 0.1) is 19.8 Å². The molecule has 1 heterocycles. The van der Waals surface area contributed by atoms with Crippen LogP contribution in [0.15, 0.2) is 0 Å². The van der Waals surface area contributed by atoms with Gasteiger partial charge < -0.3 is 19.6 Å². The van der Waals surface area contributed by atoms with Crippen molar-refractivity contribution in [1.29, 1.82) is 0 Å². The van der Waals surface area contributed by atoms with E-state index in [1.807, 2.05) is 0 Å². The van der Waals surface area contributed by atoms with Crippen LogP contribution in [0, 0.1) is 0 Å². The van der Waals surface area contributed by atoms with Crippen molar-refractivity contribution in [3.63, 3.8) is 0 Å². The second-order valence-corrected chi connectivity index (χ2v) is 4.52. The fourth-order valence-corrected chi connectivity index (χ4v) is 1.92. The molecule has 1 aliphatic heterocycles. The molecule has 19 heavy (non-hydrogen) atoms. The van der Waals surface area contributed by atoms with Crippen LogP contribution in [0.1, 0.15) is 12.8 Å². The average molecular weight is 272 g/mol. The first kappa shape index (κ1) is 16.2. The van der Waals surface area contributed by atoms with E-state index < -0.39 is 0 Å². The Morgan fingerprint density at radius 2 is 1.89 bits per heavy atom. The lowest BCUT2D eigenvalue weighted by molar-refractivity contribution is -0.120. The number of ketones is 1. The Balaban J connectivity index is 1.88. The van der Waals surface area contributed by atoms with E-state index in [2.05, 4.69) is 10.2 Å². The molecule has 1 N–H and O–H groups in total. The molecule has 1 rings (SSSR count). The first-order chi connectivity index (χ1) is 9.33. The number of rotatable bonds is 11. The Morgan fingerprint density at radius 3 is 2.63 bits per heavy atom. The highest BCUT2D eigenvalue weighted by Crippen LogP contribution is 1.97. The smallest absolute Gasteiger partial charge is 0.146 e. The number of piperazine rings is 1. The number of hydrogen-bond acceptors (Lipinski definition) is 6. The van der Waals surface area contributed by atoms with Crippen LogP contribution in [-0.4, -0.2) is 76.1 Å². The van der Waals surface area contributed by atoms with Crippen LogP contribution in [0.3, 0.4) is 0 Å². The van der Waals surface area contributed by atoms with Gasteiger partial charge in [0.25, 0.3) is 0 Å². The largest absolute Gasteiger partial charge is 0.379 e. The Labute approximate surface area is 114 Å². The summed E-state index contributed by atoms with van der Waals surface area (Å²) >= 11 is 0. The Hall–Kier alpha value is -0.820. The van der Waals surface area contributed by atoms with E-state index in [-0.39, 0.29) is 12.4 Å². The molecule has 0 saturated carbocycles. The lowest BCUT2D eigenvalue weighted by atomic mass is 10.2. The van der Waals surface area contributed by atoms with Gasteiger partial charge in [-0.15, -0.1) is 0 Å². The highest BCUT2D eigenvalue weighted by atomic mass is 16.5. The van der Waals surface area contributed by atoms with E-state index in [0.717, 1.165) is 38.9 Å². The summed E-state index contributed by atoms with van der Waals surface area (Å²) in [6.45, 7) is 5.99. The predicted molar refractivity (Wildman–Crippen MR) is 71.3 cm³/mol. The third-order valence-corrected chi connectivity index (χ3v) is 2.91. The first-order valence-electron chi connectivity index (χ1n) is 6.87. The van der Waals surface area contributed by atoms with E-state index >= 15 is 0 Å². The molecule has 1 saturated heterocycles. The van der Waals surface area contributed by atoms with Crippen molar-refractivity contribution < 1.29 is 19.1 Å². The molecule has 0 atom stereocenters. The van der Waals surface area contributed by atoms with Crippen molar-refractivity contribution in [2.45, 2.75) is 12.8 Å². The van der Waals surface area contributed by atoms with Crippen molar-refractivity contribution in [3.8, 4) is 0 Å². The molecule has 0 aromatic heterocycles. The Kier molecular flexibility index (Phi) is 9.44. The number of carbonyl (C=O) groups excluding carboxylic acids is 2. The van der Waals surface area contributed by atoms with Crippen molar-refractivity contribution >= 4 is 12.1 Å². The fourth-order valence-electron chi connectivity index (χ4n) is 1.92. The van der Waals surface area contributed by atoms with Crippen LogP contribution in [-0.2, 0) is 19.1 Å². The summed E-state index contributed by atoms with van der Waals surface area (Å²) in [5, 5.41) is 3.26. The van der Waals surface area contributed by atoms with Gasteiger partial charge in [0, 0.05) is 39.2 Å². The minimum atomic E-state index is 0.118. The predicted octanol–water partition coefficient (Wildman–Crippen LogP) is -0.527. The summed E-state index contributed by atoms with van der Waals surface area (Å²) in [5.74, 6) is 0.280. The van der Waals surface area contributed by atoms with Gasteiger partial charge in [-0.25, -0.2) is 0 Å². The number of hydrogen-bond donors (Lipinski definition) is 1. The molecular formula is C13H24N2O4. The van der Waals surface area contributed by atoms with E-state index in [0.29, 0.717) is 32.8 Å². The molecule has 0 radical (unpaired) electrons. The highest BCUT2D eigenvalue weighted by molar-refractivity contribution is 5.80. The zero-order valence-electron chi connectivity index (χ0n) is 11.4. The zero-order chi connectivity index (χ0) is 13.8. The maximum atomic E-state index is 11.7. The molecule has 0 aromatic rings. The number of Topliss-reactive ketones (excluding diaryl/α,β-unsaturated/α-hetero) is 1. The molecule has 6 heteroatoms. The second-order valence-electron chi connectivity index (χ2n) is 4.52. The van der Waals surface area contributed by atoms with Crippen molar-refractivity contribution in [2.24, 2.45) is 0 Å². The van der Waals surface area contributed by atoms with Crippen LogP contribution < -0.4 is 5.32 Å². The van der Waals surface area contributed by atoms with Gasteiger partial charge in [-0.3, -0.25) is 9.69 Å². The fraction of sp³-hybridized carbons (Fsp3) is 0.846. The van der Waals surface area contributed by atoms with Crippen LogP contribution in [0.2, 0.25) is 0 Å². The van der Waals surface area contributed by atoms with Crippen LogP contribution in [0.5, 0.6) is 0 Å². The standard InChI is InChI=1S/C13H24N2O4/c16-7-9-19-11-10-18-8-1-2-13(17)12-15-5-3-14-4-6-15/h7,14H,1-6,8-12H2. The molecule has 1 aliphatic rings. The van der Waals surface area contributed by atoms with Gasteiger partial charge in [-0.2, -0.15) is 0 Å². The zero-order valence-corrected chi connectivity index (χ0v) is 11.4. The number of ether oxygens (including phenoxy) is 2. The lowest BCUT2D eigenvalue weighted by Gasteiger charge is -2.26. The topological polar surface area (TPSA) is 67.9 Å². The maximum absolute atomic E-state index is 11.7. The van der Waals surface area contributed by atoms with Crippen molar-refractivity contribution in [1.82, 2.24) is 10.2 Å². The Morgan fingerprint density at radius 1 is 1.16 bits per heavy atom. The molecule has 1 fully saturated rings.